The van der Waals surface area contributed by atoms with Gasteiger partial charge < -0.3 is 0 Å². The van der Waals surface area contributed by atoms with Gasteiger partial charge in [-0.15, -0.1) is 0 Å². The van der Waals surface area contributed by atoms with Crippen molar-refractivity contribution in [3.63, 3.8) is 0 Å². The second-order valence-corrected chi connectivity index (χ2v) is 3.26. The Balaban J connectivity index is 3.59. The minimum Gasteiger partial charge on any atom is -0.286 e. The lowest BCUT2D eigenvalue weighted by Crippen LogP contribution is -2.28. The van der Waals surface area contributed by atoms with E-state index in [0.717, 1.165) is 0 Å². The van der Waals surface area contributed by atoms with Gasteiger partial charge in [0.1, 0.15) is 0 Å². The predicted molar refractivity (Wildman–Crippen MR) is 34.0 cm³/mol. The maximum atomic E-state index is 9.86. The molecule has 0 aromatic heterocycles. The zero-order chi connectivity index (χ0) is 7.49. The van der Waals surface area contributed by atoms with Gasteiger partial charge in [0.25, 0.3) is 0 Å². The summed E-state index contributed by atoms with van der Waals surface area (Å²) in [7, 11) is 0. The first-order chi connectivity index (χ1) is 3.95. The molecular formula is C6H13NO2. The molecule has 54 valence electrons. The van der Waals surface area contributed by atoms with Gasteiger partial charge in [-0.1, -0.05) is 20.8 Å². The van der Waals surface area contributed by atoms with Crippen LogP contribution in [0.3, 0.4) is 0 Å². The Labute approximate surface area is 55.2 Å². The number of rotatable bonds is 2. The summed E-state index contributed by atoms with van der Waals surface area (Å²) in [6, 6.07) is 0. The molecule has 3 heteroatoms. The van der Waals surface area contributed by atoms with Crippen LogP contribution in [0.4, 0.5) is 0 Å². The summed E-state index contributed by atoms with van der Waals surface area (Å²) in [5.74, 6) is 0. The highest BCUT2D eigenvalue weighted by atomic mass is 16.5. The largest absolute Gasteiger partial charge is 0.286 e. The van der Waals surface area contributed by atoms with Crippen molar-refractivity contribution in [2.45, 2.75) is 20.8 Å². The number of nitrogens with zero attached hydrogens (tertiary/aromatic N) is 1. The third kappa shape index (κ3) is 5.30. The van der Waals surface area contributed by atoms with E-state index in [2.05, 4.69) is 0 Å². The van der Waals surface area contributed by atoms with Crippen molar-refractivity contribution in [2.24, 2.45) is 5.41 Å². The van der Waals surface area contributed by atoms with E-state index in [1.54, 1.807) is 0 Å². The summed E-state index contributed by atoms with van der Waals surface area (Å²) >= 11 is 0. The third-order valence-electron chi connectivity index (χ3n) is 0.758. The van der Waals surface area contributed by atoms with Gasteiger partial charge in [-0.3, -0.25) is 10.0 Å². The Morgan fingerprint density at radius 1 is 1.56 bits per heavy atom. The number of amides is 1. The molecule has 9 heavy (non-hydrogen) atoms. The second-order valence-electron chi connectivity index (χ2n) is 3.26. The molecule has 0 radical (unpaired) electrons. The van der Waals surface area contributed by atoms with Gasteiger partial charge in [-0.2, -0.15) is 0 Å². The van der Waals surface area contributed by atoms with Crippen LogP contribution in [0.1, 0.15) is 20.8 Å². The first-order valence-electron chi connectivity index (χ1n) is 2.86. The Morgan fingerprint density at radius 2 is 2.00 bits per heavy atom. The minimum absolute atomic E-state index is 0.0321. The van der Waals surface area contributed by atoms with E-state index in [1.807, 2.05) is 20.8 Å². The van der Waals surface area contributed by atoms with Crippen LogP contribution in [0.15, 0.2) is 0 Å². The molecule has 1 amide bonds. The van der Waals surface area contributed by atoms with E-state index in [0.29, 0.717) is 18.0 Å². The minimum atomic E-state index is -0.0321. The molecule has 0 aromatic rings. The first kappa shape index (κ1) is 8.43. The van der Waals surface area contributed by atoms with Crippen molar-refractivity contribution in [3.05, 3.63) is 0 Å². The standard InChI is InChI=1S/C6H13NO2/c1-6(2,3)4-7(9)5-8/h5,9H,4H2,1-3H3. The van der Waals surface area contributed by atoms with Gasteiger partial charge in [0, 0.05) is 0 Å². The summed E-state index contributed by atoms with van der Waals surface area (Å²) in [4.78, 5) is 9.86. The Morgan fingerprint density at radius 3 is 2.11 bits per heavy atom. The molecule has 0 saturated heterocycles. The number of hydrogen-bond acceptors (Lipinski definition) is 2. The molecule has 0 heterocycles. The lowest BCUT2D eigenvalue weighted by atomic mass is 9.97. The SMILES string of the molecule is CC(C)(C)CN(O)C=O. The molecule has 0 unspecified atom stereocenters. The molecule has 3 nitrogen and oxygen atoms in total. The third-order valence-corrected chi connectivity index (χ3v) is 0.758. The van der Waals surface area contributed by atoms with Crippen LogP contribution in [0.25, 0.3) is 0 Å². The van der Waals surface area contributed by atoms with Gasteiger partial charge >= 0.3 is 0 Å². The molecule has 0 rings (SSSR count). The molecule has 0 aliphatic carbocycles. The molecular weight excluding hydrogens is 118 g/mol. The fourth-order valence-electron chi connectivity index (χ4n) is 0.523. The predicted octanol–water partition coefficient (Wildman–Crippen LogP) is 0.880. The Kier molecular flexibility index (Phi) is 2.65. The monoisotopic (exact) mass is 131 g/mol. The maximum Gasteiger partial charge on any atom is 0.233 e. The number of carbonyl (C=O) groups is 1. The average molecular weight is 131 g/mol. The summed E-state index contributed by atoms with van der Waals surface area (Å²) in [6.45, 7) is 6.20. The fraction of sp³-hybridized carbons (Fsp3) is 0.833. The molecule has 0 bridgehead atoms. The molecule has 0 aliphatic rings. The molecule has 0 aliphatic heterocycles. The highest BCUT2D eigenvalue weighted by molar-refractivity contribution is 5.44. The zero-order valence-corrected chi connectivity index (χ0v) is 6.09. The first-order valence-corrected chi connectivity index (χ1v) is 2.86. The Hall–Kier alpha value is -0.570. The van der Waals surface area contributed by atoms with Gasteiger partial charge in [-0.25, -0.2) is 5.06 Å². The second kappa shape index (κ2) is 2.82. The van der Waals surface area contributed by atoms with Crippen LogP contribution in [0, 0.1) is 5.41 Å². The lowest BCUT2D eigenvalue weighted by molar-refractivity contribution is -0.154. The van der Waals surface area contributed by atoms with Crippen LogP contribution in [-0.2, 0) is 4.79 Å². The van der Waals surface area contributed by atoms with E-state index < -0.39 is 0 Å². The van der Waals surface area contributed by atoms with E-state index >= 15 is 0 Å². The topological polar surface area (TPSA) is 40.5 Å². The van der Waals surface area contributed by atoms with Crippen LogP contribution in [0.5, 0.6) is 0 Å². The molecule has 0 aromatic carbocycles. The number of hydroxylamine groups is 2. The van der Waals surface area contributed by atoms with Crippen molar-refractivity contribution in [1.82, 2.24) is 5.06 Å². The molecule has 0 saturated carbocycles. The van der Waals surface area contributed by atoms with Crippen LogP contribution in [-0.4, -0.2) is 23.2 Å². The van der Waals surface area contributed by atoms with Crippen molar-refractivity contribution in [1.29, 1.82) is 0 Å². The van der Waals surface area contributed by atoms with Crippen LogP contribution in [0.2, 0.25) is 0 Å². The van der Waals surface area contributed by atoms with Crippen molar-refractivity contribution < 1.29 is 10.0 Å². The summed E-state index contributed by atoms with van der Waals surface area (Å²) in [5, 5.41) is 9.31. The summed E-state index contributed by atoms with van der Waals surface area (Å²) in [6.07, 6.45) is 0.408. The quantitative estimate of drug-likeness (QED) is 0.343. The van der Waals surface area contributed by atoms with Crippen LogP contribution >= 0.6 is 0 Å². The van der Waals surface area contributed by atoms with Gasteiger partial charge in [0.05, 0.1) is 6.54 Å². The summed E-state index contributed by atoms with van der Waals surface area (Å²) < 4.78 is 0. The normalized spacial score (nSPS) is 11.1. The number of hydrogen-bond donors (Lipinski definition) is 1. The maximum absolute atomic E-state index is 9.86. The van der Waals surface area contributed by atoms with Crippen molar-refractivity contribution in [2.75, 3.05) is 6.54 Å². The lowest BCUT2D eigenvalue weighted by Gasteiger charge is -2.21. The van der Waals surface area contributed by atoms with Gasteiger partial charge in [0.15, 0.2) is 0 Å². The van der Waals surface area contributed by atoms with Crippen molar-refractivity contribution >= 4 is 6.41 Å². The summed E-state index contributed by atoms with van der Waals surface area (Å²) in [5.41, 5.74) is -0.0321. The molecule has 0 spiro atoms. The fourth-order valence-corrected chi connectivity index (χ4v) is 0.523. The number of carbonyl (C=O) groups excluding carboxylic acids is 1. The highest BCUT2D eigenvalue weighted by Gasteiger charge is 2.12. The molecule has 1 N–H and O–H groups in total. The van der Waals surface area contributed by atoms with E-state index in [4.69, 9.17) is 5.21 Å². The smallest absolute Gasteiger partial charge is 0.233 e. The highest BCUT2D eigenvalue weighted by Crippen LogP contribution is 2.12. The average Bonchev–Trinajstić information content (AvgIpc) is 1.62. The van der Waals surface area contributed by atoms with Gasteiger partial charge in [0.2, 0.25) is 6.41 Å². The van der Waals surface area contributed by atoms with E-state index in [9.17, 15) is 4.79 Å². The van der Waals surface area contributed by atoms with E-state index in [-0.39, 0.29) is 5.41 Å². The van der Waals surface area contributed by atoms with Crippen LogP contribution < -0.4 is 0 Å². The van der Waals surface area contributed by atoms with Gasteiger partial charge in [-0.05, 0) is 5.41 Å². The zero-order valence-electron chi connectivity index (χ0n) is 6.09. The molecule has 0 fully saturated rings. The Bertz CT molecular complexity index is 95.7. The molecule has 0 atom stereocenters. The van der Waals surface area contributed by atoms with Crippen molar-refractivity contribution in [3.8, 4) is 0 Å². The van der Waals surface area contributed by atoms with E-state index in [1.165, 1.54) is 0 Å².